The minimum Gasteiger partial charge on any atom is -0.328 e. The van der Waals surface area contributed by atoms with Gasteiger partial charge in [0.25, 0.3) is 0 Å². The lowest BCUT2D eigenvalue weighted by Crippen LogP contribution is -2.15. The second-order valence-corrected chi connectivity index (χ2v) is 4.58. The molecule has 2 aromatic rings. The van der Waals surface area contributed by atoms with Crippen molar-refractivity contribution < 1.29 is 0 Å². The quantitative estimate of drug-likeness (QED) is 0.844. The van der Waals surface area contributed by atoms with Gasteiger partial charge < -0.3 is 5.73 Å². The van der Waals surface area contributed by atoms with Crippen molar-refractivity contribution in [1.82, 2.24) is 0 Å². The van der Waals surface area contributed by atoms with Crippen molar-refractivity contribution in [3.63, 3.8) is 0 Å². The van der Waals surface area contributed by atoms with Gasteiger partial charge in [-0.1, -0.05) is 54.6 Å². The molecule has 1 atom stereocenters. The summed E-state index contributed by atoms with van der Waals surface area (Å²) in [4.78, 5) is 0. The van der Waals surface area contributed by atoms with Crippen LogP contribution < -0.4 is 5.73 Å². The molecule has 2 aromatic carbocycles. The molecule has 0 aliphatic rings. The molecule has 0 aliphatic carbocycles. The first-order chi connectivity index (χ1) is 8.25. The molecule has 0 unspecified atom stereocenters. The van der Waals surface area contributed by atoms with Crippen molar-refractivity contribution >= 4 is 0 Å². The highest BCUT2D eigenvalue weighted by atomic mass is 14.6. The molecule has 88 valence electrons. The first-order valence-corrected chi connectivity index (χ1v) is 6.15. The number of rotatable bonds is 4. The Balaban J connectivity index is 2.08. The standard InChI is InChI=1S/C16H19N/c1-13(17)7-8-14-9-11-16(12-10-14)15-5-3-2-4-6-15/h2-6,9-13H,7-8,17H2,1H3/t13-/m1/s1. The third-order valence-corrected chi connectivity index (χ3v) is 2.95. The number of aryl methyl sites for hydroxylation is 1. The van der Waals surface area contributed by atoms with E-state index in [4.69, 9.17) is 5.73 Å². The third-order valence-electron chi connectivity index (χ3n) is 2.95. The van der Waals surface area contributed by atoms with E-state index in [-0.39, 0.29) is 6.04 Å². The van der Waals surface area contributed by atoms with Crippen molar-refractivity contribution in [3.05, 3.63) is 60.2 Å². The molecule has 0 aromatic heterocycles. The molecule has 2 rings (SSSR count). The van der Waals surface area contributed by atoms with Crippen LogP contribution in [0.4, 0.5) is 0 Å². The lowest BCUT2D eigenvalue weighted by Gasteiger charge is -2.06. The Morgan fingerprint density at radius 2 is 1.47 bits per heavy atom. The Hall–Kier alpha value is -1.60. The van der Waals surface area contributed by atoms with Crippen LogP contribution >= 0.6 is 0 Å². The molecule has 0 heterocycles. The lowest BCUT2D eigenvalue weighted by atomic mass is 10.0. The lowest BCUT2D eigenvalue weighted by molar-refractivity contribution is 0.666. The minimum absolute atomic E-state index is 0.281. The van der Waals surface area contributed by atoms with Gasteiger partial charge in [0.2, 0.25) is 0 Å². The monoisotopic (exact) mass is 225 g/mol. The molecular weight excluding hydrogens is 206 g/mol. The van der Waals surface area contributed by atoms with Crippen LogP contribution in [0.5, 0.6) is 0 Å². The number of nitrogens with two attached hydrogens (primary N) is 1. The maximum atomic E-state index is 5.76. The van der Waals surface area contributed by atoms with E-state index in [0.29, 0.717) is 0 Å². The minimum atomic E-state index is 0.281. The van der Waals surface area contributed by atoms with Gasteiger partial charge in [-0.3, -0.25) is 0 Å². The highest BCUT2D eigenvalue weighted by molar-refractivity contribution is 5.63. The highest BCUT2D eigenvalue weighted by Gasteiger charge is 1.99. The average molecular weight is 225 g/mol. The largest absolute Gasteiger partial charge is 0.328 e. The number of benzene rings is 2. The molecule has 1 heteroatoms. The first-order valence-electron chi connectivity index (χ1n) is 6.15. The summed E-state index contributed by atoms with van der Waals surface area (Å²) in [5.74, 6) is 0. The van der Waals surface area contributed by atoms with E-state index in [2.05, 4.69) is 55.5 Å². The molecule has 0 amide bonds. The maximum Gasteiger partial charge on any atom is 0.00136 e. The van der Waals surface area contributed by atoms with Gasteiger partial charge in [-0.05, 0) is 36.5 Å². The zero-order valence-electron chi connectivity index (χ0n) is 10.3. The van der Waals surface area contributed by atoms with Crippen LogP contribution in [0.1, 0.15) is 18.9 Å². The van der Waals surface area contributed by atoms with Gasteiger partial charge in [0.1, 0.15) is 0 Å². The zero-order chi connectivity index (χ0) is 12.1. The topological polar surface area (TPSA) is 26.0 Å². The molecule has 1 nitrogen and oxygen atoms in total. The van der Waals surface area contributed by atoms with E-state index in [0.717, 1.165) is 12.8 Å². The van der Waals surface area contributed by atoms with Crippen LogP contribution in [-0.4, -0.2) is 6.04 Å². The summed E-state index contributed by atoms with van der Waals surface area (Å²) in [5, 5.41) is 0. The Labute approximate surface area is 103 Å². The van der Waals surface area contributed by atoms with Gasteiger partial charge >= 0.3 is 0 Å². The Morgan fingerprint density at radius 1 is 0.882 bits per heavy atom. The normalized spacial score (nSPS) is 12.4. The van der Waals surface area contributed by atoms with Crippen LogP contribution in [-0.2, 0) is 6.42 Å². The molecule has 0 bridgehead atoms. The number of hydrogen-bond donors (Lipinski definition) is 1. The summed E-state index contributed by atoms with van der Waals surface area (Å²) >= 11 is 0. The Bertz CT molecular complexity index is 443. The van der Waals surface area contributed by atoms with Gasteiger partial charge in [-0.25, -0.2) is 0 Å². The van der Waals surface area contributed by atoms with Crippen molar-refractivity contribution in [3.8, 4) is 11.1 Å². The third kappa shape index (κ3) is 3.43. The van der Waals surface area contributed by atoms with Crippen LogP contribution in [0, 0.1) is 0 Å². The predicted molar refractivity (Wildman–Crippen MR) is 73.8 cm³/mol. The van der Waals surface area contributed by atoms with Crippen molar-refractivity contribution in [2.24, 2.45) is 5.73 Å². The first kappa shape index (κ1) is 11.9. The van der Waals surface area contributed by atoms with E-state index in [9.17, 15) is 0 Å². The molecule has 0 fully saturated rings. The van der Waals surface area contributed by atoms with Gasteiger partial charge in [0.15, 0.2) is 0 Å². The fourth-order valence-corrected chi connectivity index (χ4v) is 1.89. The number of hydrogen-bond acceptors (Lipinski definition) is 1. The summed E-state index contributed by atoms with van der Waals surface area (Å²) in [6.45, 7) is 2.05. The molecule has 2 N–H and O–H groups in total. The molecule has 0 spiro atoms. The van der Waals surface area contributed by atoms with Crippen LogP contribution in [0.15, 0.2) is 54.6 Å². The average Bonchev–Trinajstić information content (AvgIpc) is 2.38. The highest BCUT2D eigenvalue weighted by Crippen LogP contribution is 2.19. The molecule has 0 aliphatic heterocycles. The van der Waals surface area contributed by atoms with Gasteiger partial charge in [0, 0.05) is 6.04 Å². The fraction of sp³-hybridized carbons (Fsp3) is 0.250. The van der Waals surface area contributed by atoms with Crippen LogP contribution in [0.25, 0.3) is 11.1 Å². The van der Waals surface area contributed by atoms with E-state index in [1.807, 2.05) is 6.07 Å². The second-order valence-electron chi connectivity index (χ2n) is 4.58. The molecule has 0 radical (unpaired) electrons. The SMILES string of the molecule is C[C@@H](N)CCc1ccc(-c2ccccc2)cc1. The summed E-state index contributed by atoms with van der Waals surface area (Å²) in [5.41, 5.74) is 9.67. The van der Waals surface area contributed by atoms with Crippen LogP contribution in [0.2, 0.25) is 0 Å². The van der Waals surface area contributed by atoms with Crippen molar-refractivity contribution in [1.29, 1.82) is 0 Å². The van der Waals surface area contributed by atoms with Crippen molar-refractivity contribution in [2.75, 3.05) is 0 Å². The predicted octanol–water partition coefficient (Wildman–Crippen LogP) is 3.63. The van der Waals surface area contributed by atoms with E-state index >= 15 is 0 Å². The van der Waals surface area contributed by atoms with E-state index in [1.54, 1.807) is 0 Å². The summed E-state index contributed by atoms with van der Waals surface area (Å²) < 4.78 is 0. The Kier molecular flexibility index (Phi) is 3.94. The fourth-order valence-electron chi connectivity index (χ4n) is 1.89. The smallest absolute Gasteiger partial charge is 0.00136 e. The maximum absolute atomic E-state index is 5.76. The summed E-state index contributed by atoms with van der Waals surface area (Å²) in [7, 11) is 0. The Morgan fingerprint density at radius 3 is 2.06 bits per heavy atom. The zero-order valence-corrected chi connectivity index (χ0v) is 10.3. The van der Waals surface area contributed by atoms with E-state index < -0.39 is 0 Å². The van der Waals surface area contributed by atoms with Gasteiger partial charge in [-0.2, -0.15) is 0 Å². The summed E-state index contributed by atoms with van der Waals surface area (Å²) in [6.07, 6.45) is 2.11. The molecule has 17 heavy (non-hydrogen) atoms. The van der Waals surface area contributed by atoms with Crippen molar-refractivity contribution in [2.45, 2.75) is 25.8 Å². The second kappa shape index (κ2) is 5.65. The molecule has 0 saturated heterocycles. The molecular formula is C16H19N. The van der Waals surface area contributed by atoms with Crippen LogP contribution in [0.3, 0.4) is 0 Å². The summed E-state index contributed by atoms with van der Waals surface area (Å²) in [6, 6.07) is 19.5. The van der Waals surface area contributed by atoms with Gasteiger partial charge in [0.05, 0.1) is 0 Å². The van der Waals surface area contributed by atoms with Gasteiger partial charge in [-0.15, -0.1) is 0 Å². The van der Waals surface area contributed by atoms with E-state index in [1.165, 1.54) is 16.7 Å². The molecule has 0 saturated carbocycles.